The zero-order valence-corrected chi connectivity index (χ0v) is 23.8. The highest BCUT2D eigenvalue weighted by Gasteiger charge is 2.31. The van der Waals surface area contributed by atoms with Crippen LogP contribution in [0.4, 0.5) is 17.1 Å². The van der Waals surface area contributed by atoms with Gasteiger partial charge in [-0.3, -0.25) is 9.52 Å². The molecule has 1 aromatic carbocycles. The second-order valence-electron chi connectivity index (χ2n) is 10.4. The summed E-state index contributed by atoms with van der Waals surface area (Å²) in [5, 5.41) is 5.96. The number of anilines is 3. The van der Waals surface area contributed by atoms with E-state index in [0.717, 1.165) is 60.3 Å². The van der Waals surface area contributed by atoms with Gasteiger partial charge in [0.05, 0.1) is 16.6 Å². The monoisotopic (exact) mass is 515 g/mol. The maximum absolute atomic E-state index is 13.3. The molecule has 0 fully saturated rings. The Morgan fingerprint density at radius 2 is 1.59 bits per heavy atom. The number of amides is 1. The first kappa shape index (κ1) is 30.6. The second kappa shape index (κ2) is 13.0. The molecule has 1 heterocycles. The van der Waals surface area contributed by atoms with E-state index in [1.807, 2.05) is 27.7 Å². The van der Waals surface area contributed by atoms with Crippen molar-refractivity contribution in [2.45, 2.75) is 112 Å². The van der Waals surface area contributed by atoms with Gasteiger partial charge in [-0.25, -0.2) is 8.42 Å². The first-order chi connectivity index (χ1) is 15.4. The van der Waals surface area contributed by atoms with Crippen molar-refractivity contribution in [2.24, 2.45) is 5.41 Å². The minimum Gasteiger partial charge on any atom is -0.383 e. The lowest BCUT2D eigenvalue weighted by Gasteiger charge is -2.27. The lowest BCUT2D eigenvalue weighted by Crippen LogP contribution is -2.31. The summed E-state index contributed by atoms with van der Waals surface area (Å²) in [5.41, 5.74) is 4.48. The summed E-state index contributed by atoms with van der Waals surface area (Å²) in [7, 11) is -3.51. The number of unbranched alkanes of at least 4 members (excludes halogenated alkanes) is 6. The fourth-order valence-electron chi connectivity index (χ4n) is 4.40. The molecule has 0 aliphatic carbocycles. The zero-order valence-electron chi connectivity index (χ0n) is 22.2. The summed E-state index contributed by atoms with van der Waals surface area (Å²) in [6.45, 7) is 14.2. The first-order valence-corrected chi connectivity index (χ1v) is 14.2. The van der Waals surface area contributed by atoms with Gasteiger partial charge in [-0.2, -0.15) is 0 Å². The molecule has 2 rings (SSSR count). The first-order valence-electron chi connectivity index (χ1n) is 12.6. The fourth-order valence-corrected chi connectivity index (χ4v) is 5.17. The number of halogens is 1. The Hall–Kier alpha value is -1.47. The molecule has 1 aromatic rings. The van der Waals surface area contributed by atoms with Gasteiger partial charge in [-0.15, -0.1) is 12.4 Å². The average Bonchev–Trinajstić information content (AvgIpc) is 3.23. The molecule has 0 spiro atoms. The number of sulfonamides is 1. The molecule has 3 N–H and O–H groups in total. The normalized spacial score (nSPS) is 13.3. The molecule has 0 saturated heterocycles. The van der Waals surface area contributed by atoms with Gasteiger partial charge in [-0.1, -0.05) is 65.7 Å². The van der Waals surface area contributed by atoms with Crippen LogP contribution in [0.3, 0.4) is 0 Å². The van der Waals surface area contributed by atoms with Gasteiger partial charge in [0.1, 0.15) is 0 Å². The standard InChI is InChI=1S/C26H45N3O3S.ClH/c1-8-9-10-11-12-13-14-16-26(6,7)25(30)28-22-19(4)21-15-17-27-24(21)23(20(22)5)29-33(31,32)18(2)3;/h18,27,29H,8-17H2,1-7H3,(H,28,30);1H. The minimum absolute atomic E-state index is 0. The molecular formula is C26H46ClN3O3S. The smallest absolute Gasteiger partial charge is 0.235 e. The van der Waals surface area contributed by atoms with Crippen LogP contribution in [-0.4, -0.2) is 26.1 Å². The Labute approximate surface area is 213 Å². The average molecular weight is 516 g/mol. The maximum atomic E-state index is 13.3. The predicted molar refractivity (Wildman–Crippen MR) is 148 cm³/mol. The van der Waals surface area contributed by atoms with E-state index >= 15 is 0 Å². The Balaban J connectivity index is 0.00000578. The Morgan fingerprint density at radius 3 is 2.18 bits per heavy atom. The van der Waals surface area contributed by atoms with E-state index in [0.29, 0.717) is 5.69 Å². The van der Waals surface area contributed by atoms with E-state index < -0.39 is 20.7 Å². The third-order valence-electron chi connectivity index (χ3n) is 6.93. The highest BCUT2D eigenvalue weighted by Crippen LogP contribution is 2.43. The molecule has 0 radical (unpaired) electrons. The number of carbonyl (C=O) groups is 1. The molecule has 1 aliphatic rings. The molecule has 0 unspecified atom stereocenters. The zero-order chi connectivity index (χ0) is 24.8. The van der Waals surface area contributed by atoms with Crippen molar-refractivity contribution in [3.05, 3.63) is 16.7 Å². The van der Waals surface area contributed by atoms with Crippen LogP contribution in [0.25, 0.3) is 0 Å². The number of hydrogen-bond acceptors (Lipinski definition) is 4. The van der Waals surface area contributed by atoms with Crippen molar-refractivity contribution in [2.75, 3.05) is 21.9 Å². The van der Waals surface area contributed by atoms with Crippen molar-refractivity contribution >= 4 is 45.4 Å². The van der Waals surface area contributed by atoms with E-state index in [-0.39, 0.29) is 18.3 Å². The van der Waals surface area contributed by atoms with Gasteiger partial charge in [0.15, 0.2) is 0 Å². The van der Waals surface area contributed by atoms with Crippen molar-refractivity contribution in [3.63, 3.8) is 0 Å². The molecule has 0 atom stereocenters. The van der Waals surface area contributed by atoms with Gasteiger partial charge in [0.25, 0.3) is 0 Å². The molecule has 0 bridgehead atoms. The molecule has 6 nitrogen and oxygen atoms in total. The van der Waals surface area contributed by atoms with Gasteiger partial charge < -0.3 is 10.6 Å². The highest BCUT2D eigenvalue weighted by atomic mass is 35.5. The number of rotatable bonds is 13. The van der Waals surface area contributed by atoms with Crippen LogP contribution in [0, 0.1) is 19.3 Å². The van der Waals surface area contributed by atoms with Gasteiger partial charge in [-0.05, 0) is 57.2 Å². The molecule has 196 valence electrons. The number of carbonyl (C=O) groups excluding carboxylic acids is 1. The summed E-state index contributed by atoms with van der Waals surface area (Å²) >= 11 is 0. The van der Waals surface area contributed by atoms with Crippen molar-refractivity contribution in [1.82, 2.24) is 0 Å². The summed E-state index contributed by atoms with van der Waals surface area (Å²) in [6, 6.07) is 0. The summed E-state index contributed by atoms with van der Waals surface area (Å²) < 4.78 is 28.1. The number of nitrogens with one attached hydrogen (secondary N) is 3. The topological polar surface area (TPSA) is 87.3 Å². The molecule has 1 amide bonds. The molecular weight excluding hydrogens is 470 g/mol. The van der Waals surface area contributed by atoms with Crippen LogP contribution in [0.2, 0.25) is 0 Å². The second-order valence-corrected chi connectivity index (χ2v) is 12.7. The van der Waals surface area contributed by atoms with E-state index in [1.54, 1.807) is 13.8 Å². The molecule has 0 aromatic heterocycles. The summed E-state index contributed by atoms with van der Waals surface area (Å²) in [4.78, 5) is 13.3. The van der Waals surface area contributed by atoms with Gasteiger partial charge >= 0.3 is 0 Å². The summed E-state index contributed by atoms with van der Waals surface area (Å²) in [5.74, 6) is -0.0109. The lowest BCUT2D eigenvalue weighted by molar-refractivity contribution is -0.124. The van der Waals surface area contributed by atoms with Gasteiger partial charge in [0.2, 0.25) is 15.9 Å². The Morgan fingerprint density at radius 1 is 1.00 bits per heavy atom. The minimum atomic E-state index is -3.51. The fraction of sp³-hybridized carbons (Fsp3) is 0.731. The predicted octanol–water partition coefficient (Wildman–Crippen LogP) is 6.95. The van der Waals surface area contributed by atoms with Crippen LogP contribution in [0.1, 0.15) is 103 Å². The van der Waals surface area contributed by atoms with Crippen LogP contribution in [-0.2, 0) is 21.2 Å². The van der Waals surface area contributed by atoms with E-state index in [1.165, 1.54) is 32.1 Å². The SMILES string of the molecule is CCCCCCCCCC(C)(C)C(=O)Nc1c(C)c2c(c(NS(=O)(=O)C(C)C)c1C)NCC2.Cl. The number of fused-ring (bicyclic) bond motifs is 1. The molecule has 8 heteroatoms. The molecule has 0 saturated carbocycles. The van der Waals surface area contributed by atoms with Crippen LogP contribution in [0.5, 0.6) is 0 Å². The van der Waals surface area contributed by atoms with E-state index in [2.05, 4.69) is 22.3 Å². The van der Waals surface area contributed by atoms with E-state index in [9.17, 15) is 13.2 Å². The molecule has 1 aliphatic heterocycles. The summed E-state index contributed by atoms with van der Waals surface area (Å²) in [6.07, 6.45) is 10.2. The van der Waals surface area contributed by atoms with Crippen LogP contribution < -0.4 is 15.4 Å². The van der Waals surface area contributed by atoms with Crippen LogP contribution in [0.15, 0.2) is 0 Å². The Bertz CT molecular complexity index is 943. The maximum Gasteiger partial charge on any atom is 0.235 e. The number of benzene rings is 1. The van der Waals surface area contributed by atoms with Crippen molar-refractivity contribution in [1.29, 1.82) is 0 Å². The quantitative estimate of drug-likeness (QED) is 0.248. The van der Waals surface area contributed by atoms with Crippen molar-refractivity contribution < 1.29 is 13.2 Å². The third kappa shape index (κ3) is 7.51. The largest absolute Gasteiger partial charge is 0.383 e. The molecule has 34 heavy (non-hydrogen) atoms. The van der Waals surface area contributed by atoms with E-state index in [4.69, 9.17) is 0 Å². The van der Waals surface area contributed by atoms with Gasteiger partial charge in [0, 0.05) is 17.6 Å². The number of hydrogen-bond donors (Lipinski definition) is 3. The Kier molecular flexibility index (Phi) is 11.7. The third-order valence-corrected chi connectivity index (χ3v) is 8.66. The van der Waals surface area contributed by atoms with Crippen LogP contribution >= 0.6 is 12.4 Å². The highest BCUT2D eigenvalue weighted by molar-refractivity contribution is 7.93. The van der Waals surface area contributed by atoms with Crippen molar-refractivity contribution in [3.8, 4) is 0 Å². The lowest BCUT2D eigenvalue weighted by atomic mass is 9.85.